The summed E-state index contributed by atoms with van der Waals surface area (Å²) in [5.74, 6) is 0.538. The summed E-state index contributed by atoms with van der Waals surface area (Å²) >= 11 is 1.37. The number of hydrogen-bond acceptors (Lipinski definition) is 6. The van der Waals surface area contributed by atoms with Gasteiger partial charge < -0.3 is 10.1 Å². The summed E-state index contributed by atoms with van der Waals surface area (Å²) < 4.78 is 2.21. The fourth-order valence-corrected chi connectivity index (χ4v) is 2.52. The molecule has 7 nitrogen and oxygen atoms in total. The molecule has 0 radical (unpaired) electrons. The molecule has 0 fully saturated rings. The zero-order chi connectivity index (χ0) is 13.2. The van der Waals surface area contributed by atoms with Gasteiger partial charge in [0.25, 0.3) is 5.56 Å². The van der Waals surface area contributed by atoms with Crippen molar-refractivity contribution in [3.63, 3.8) is 0 Å². The lowest BCUT2D eigenvalue weighted by molar-refractivity contribution is 0.298. The molecule has 8 heteroatoms. The van der Waals surface area contributed by atoms with Gasteiger partial charge in [-0.1, -0.05) is 5.21 Å². The average Bonchev–Trinajstić information content (AvgIpc) is 2.99. The maximum Gasteiger partial charge on any atom is 0.268 e. The lowest BCUT2D eigenvalue weighted by atomic mass is 10.3. The Bertz CT molecular complexity index is 760. The average molecular weight is 277 g/mol. The van der Waals surface area contributed by atoms with E-state index in [4.69, 9.17) is 5.11 Å². The minimum Gasteiger partial charge on any atom is -0.396 e. The Balaban J connectivity index is 1.89. The molecule has 3 heterocycles. The van der Waals surface area contributed by atoms with E-state index in [2.05, 4.69) is 20.3 Å². The molecule has 0 bridgehead atoms. The number of nitrogens with one attached hydrogen (secondary N) is 1. The minimum atomic E-state index is -0.134. The molecule has 2 N–H and O–H groups in total. The van der Waals surface area contributed by atoms with Gasteiger partial charge in [-0.3, -0.25) is 4.79 Å². The Morgan fingerprint density at radius 1 is 1.47 bits per heavy atom. The molecule has 3 rings (SSSR count). The zero-order valence-corrected chi connectivity index (χ0v) is 10.7. The van der Waals surface area contributed by atoms with Gasteiger partial charge in [-0.25, -0.2) is 9.67 Å². The van der Waals surface area contributed by atoms with Gasteiger partial charge in [0.05, 0.1) is 11.2 Å². The Morgan fingerprint density at radius 2 is 2.37 bits per heavy atom. The molecule has 0 aliphatic heterocycles. The van der Waals surface area contributed by atoms with E-state index < -0.39 is 0 Å². The molecular weight excluding hydrogens is 266 g/mol. The summed E-state index contributed by atoms with van der Waals surface area (Å²) in [6.45, 7) is 0.383. The number of aromatic nitrogens is 5. The monoisotopic (exact) mass is 277 g/mol. The lowest BCUT2D eigenvalue weighted by Crippen LogP contribution is -2.13. The molecule has 3 aromatic heterocycles. The standard InChI is InChI=1S/C11H11N5O2S/c17-3-1-7-5-16(15-14-7)6-9-12-8-2-4-19-10(8)11(18)13-9/h2,4-5,17H,1,3,6H2,(H,12,13,18). The number of thiophene rings is 1. The van der Waals surface area contributed by atoms with Crippen LogP contribution in [0.2, 0.25) is 0 Å². The van der Waals surface area contributed by atoms with Gasteiger partial charge in [0, 0.05) is 19.2 Å². The van der Waals surface area contributed by atoms with Gasteiger partial charge in [0.15, 0.2) is 0 Å². The Labute approximate surface area is 111 Å². The Morgan fingerprint density at radius 3 is 3.21 bits per heavy atom. The lowest BCUT2D eigenvalue weighted by Gasteiger charge is -2.00. The third-order valence-electron chi connectivity index (χ3n) is 2.63. The number of fused-ring (bicyclic) bond motifs is 1. The van der Waals surface area contributed by atoms with Crippen molar-refractivity contribution in [2.24, 2.45) is 0 Å². The first-order valence-corrected chi connectivity index (χ1v) is 6.60. The van der Waals surface area contributed by atoms with Crippen LogP contribution in [0.15, 0.2) is 22.4 Å². The van der Waals surface area contributed by atoms with Crippen molar-refractivity contribution in [2.75, 3.05) is 6.61 Å². The van der Waals surface area contributed by atoms with Crippen molar-refractivity contribution in [3.05, 3.63) is 39.5 Å². The smallest absolute Gasteiger partial charge is 0.268 e. The number of H-pyrrole nitrogens is 1. The van der Waals surface area contributed by atoms with Crippen LogP contribution in [0.3, 0.4) is 0 Å². The van der Waals surface area contributed by atoms with Crippen molar-refractivity contribution >= 4 is 21.6 Å². The fourth-order valence-electron chi connectivity index (χ4n) is 1.79. The van der Waals surface area contributed by atoms with Gasteiger partial charge in [0.1, 0.15) is 17.1 Å². The van der Waals surface area contributed by atoms with Gasteiger partial charge in [-0.05, 0) is 11.4 Å². The number of rotatable bonds is 4. The van der Waals surface area contributed by atoms with Crippen LogP contribution in [0.1, 0.15) is 11.5 Å². The van der Waals surface area contributed by atoms with Crippen LogP contribution in [-0.4, -0.2) is 36.7 Å². The SMILES string of the molecule is O=c1[nH]c(Cn2cc(CCO)nn2)nc2ccsc12. The van der Waals surface area contributed by atoms with Crippen LogP contribution in [0.5, 0.6) is 0 Å². The van der Waals surface area contributed by atoms with Crippen molar-refractivity contribution in [1.82, 2.24) is 25.0 Å². The summed E-state index contributed by atoms with van der Waals surface area (Å²) in [4.78, 5) is 18.9. The molecule has 0 saturated carbocycles. The van der Waals surface area contributed by atoms with Crippen molar-refractivity contribution in [3.8, 4) is 0 Å². The molecule has 0 aliphatic rings. The second kappa shape index (κ2) is 4.90. The van der Waals surface area contributed by atoms with E-state index in [9.17, 15) is 4.79 Å². The highest BCUT2D eigenvalue weighted by atomic mass is 32.1. The topological polar surface area (TPSA) is 96.7 Å². The van der Waals surface area contributed by atoms with E-state index in [1.807, 2.05) is 11.4 Å². The highest BCUT2D eigenvalue weighted by Crippen LogP contribution is 2.13. The van der Waals surface area contributed by atoms with E-state index >= 15 is 0 Å². The van der Waals surface area contributed by atoms with E-state index in [1.54, 1.807) is 10.9 Å². The Kier molecular flexibility index (Phi) is 3.10. The number of aliphatic hydroxyl groups is 1. The first-order valence-electron chi connectivity index (χ1n) is 5.72. The summed E-state index contributed by atoms with van der Waals surface area (Å²) in [6, 6.07) is 1.82. The molecule has 0 amide bonds. The van der Waals surface area contributed by atoms with E-state index in [0.717, 1.165) is 0 Å². The van der Waals surface area contributed by atoms with E-state index in [-0.39, 0.29) is 12.2 Å². The molecule has 0 unspecified atom stereocenters. The third kappa shape index (κ3) is 2.40. The normalized spacial score (nSPS) is 11.2. The summed E-state index contributed by atoms with van der Waals surface area (Å²) in [5, 5.41) is 18.5. The molecule has 19 heavy (non-hydrogen) atoms. The van der Waals surface area contributed by atoms with E-state index in [1.165, 1.54) is 11.3 Å². The van der Waals surface area contributed by atoms with Gasteiger partial charge >= 0.3 is 0 Å². The highest BCUT2D eigenvalue weighted by Gasteiger charge is 2.07. The molecule has 98 valence electrons. The molecule has 0 atom stereocenters. The van der Waals surface area contributed by atoms with Crippen molar-refractivity contribution < 1.29 is 5.11 Å². The third-order valence-corrected chi connectivity index (χ3v) is 3.53. The molecule has 0 spiro atoms. The van der Waals surface area contributed by atoms with Crippen LogP contribution in [0.25, 0.3) is 10.2 Å². The maximum atomic E-state index is 11.8. The quantitative estimate of drug-likeness (QED) is 0.708. The zero-order valence-electron chi connectivity index (χ0n) is 9.91. The molecule has 0 saturated heterocycles. The second-order valence-corrected chi connectivity index (χ2v) is 4.94. The largest absolute Gasteiger partial charge is 0.396 e. The molecule has 0 aromatic carbocycles. The maximum absolute atomic E-state index is 11.8. The van der Waals surface area contributed by atoms with Crippen molar-refractivity contribution in [2.45, 2.75) is 13.0 Å². The van der Waals surface area contributed by atoms with Gasteiger partial charge in [0.2, 0.25) is 0 Å². The second-order valence-electron chi connectivity index (χ2n) is 4.03. The summed E-state index contributed by atoms with van der Waals surface area (Å²) in [6.07, 6.45) is 2.20. The van der Waals surface area contributed by atoms with E-state index in [0.29, 0.717) is 34.7 Å². The number of hydrogen-bond donors (Lipinski definition) is 2. The van der Waals surface area contributed by atoms with Crippen LogP contribution in [0.4, 0.5) is 0 Å². The number of aromatic amines is 1. The van der Waals surface area contributed by atoms with Gasteiger partial charge in [-0.15, -0.1) is 16.4 Å². The molecule has 3 aromatic rings. The Hall–Kier alpha value is -2.06. The first kappa shape index (κ1) is 12.0. The minimum absolute atomic E-state index is 0.0363. The van der Waals surface area contributed by atoms with Crippen LogP contribution in [0, 0.1) is 0 Å². The predicted molar refractivity (Wildman–Crippen MR) is 70.2 cm³/mol. The fraction of sp³-hybridized carbons (Fsp3) is 0.273. The molecule has 0 aliphatic carbocycles. The van der Waals surface area contributed by atoms with Crippen LogP contribution in [-0.2, 0) is 13.0 Å². The number of aliphatic hydroxyl groups excluding tert-OH is 1. The summed E-state index contributed by atoms with van der Waals surface area (Å²) in [7, 11) is 0. The van der Waals surface area contributed by atoms with Crippen LogP contribution < -0.4 is 5.56 Å². The number of nitrogens with zero attached hydrogens (tertiary/aromatic N) is 4. The highest BCUT2D eigenvalue weighted by molar-refractivity contribution is 7.17. The molecular formula is C11H11N5O2S. The predicted octanol–water partition coefficient (Wildman–Crippen LogP) is 0.159. The van der Waals surface area contributed by atoms with Gasteiger partial charge in [-0.2, -0.15) is 0 Å². The van der Waals surface area contributed by atoms with Crippen LogP contribution >= 0.6 is 11.3 Å². The van der Waals surface area contributed by atoms with Crippen molar-refractivity contribution in [1.29, 1.82) is 0 Å². The first-order chi connectivity index (χ1) is 9.26. The summed E-state index contributed by atoms with van der Waals surface area (Å²) in [5.41, 5.74) is 1.27.